The number of Topliss-reactive ketones (excluding diaryl/α,β-unsaturated/α-hetero) is 1. The van der Waals surface area contributed by atoms with E-state index in [-0.39, 0.29) is 24.0 Å². The molecule has 7 heteroatoms. The third-order valence-corrected chi connectivity index (χ3v) is 7.10. The van der Waals surface area contributed by atoms with Gasteiger partial charge in [0.1, 0.15) is 5.84 Å². The number of ketones is 1. The van der Waals surface area contributed by atoms with E-state index in [9.17, 15) is 9.59 Å². The van der Waals surface area contributed by atoms with Gasteiger partial charge < -0.3 is 20.8 Å². The minimum Gasteiger partial charge on any atom is -0.462 e. The van der Waals surface area contributed by atoms with E-state index in [0.29, 0.717) is 29.7 Å². The van der Waals surface area contributed by atoms with Crippen LogP contribution in [0.15, 0.2) is 42.5 Å². The van der Waals surface area contributed by atoms with Crippen molar-refractivity contribution >= 4 is 28.5 Å². The topological polar surface area (TPSA) is 121 Å². The summed E-state index contributed by atoms with van der Waals surface area (Å²) >= 11 is 0. The maximum absolute atomic E-state index is 13.7. The van der Waals surface area contributed by atoms with Gasteiger partial charge in [0.2, 0.25) is 0 Å². The van der Waals surface area contributed by atoms with Crippen LogP contribution >= 0.6 is 0 Å². The number of H-pyrrole nitrogens is 1. The Labute approximate surface area is 205 Å². The lowest BCUT2D eigenvalue weighted by atomic mass is 9.82. The van der Waals surface area contributed by atoms with Gasteiger partial charge in [0.15, 0.2) is 5.78 Å². The van der Waals surface area contributed by atoms with Gasteiger partial charge in [0, 0.05) is 28.6 Å². The van der Waals surface area contributed by atoms with E-state index in [0.717, 1.165) is 48.8 Å². The number of hydrogen-bond acceptors (Lipinski definition) is 5. The highest BCUT2D eigenvalue weighted by molar-refractivity contribution is 5.99. The zero-order valence-electron chi connectivity index (χ0n) is 20.5. The van der Waals surface area contributed by atoms with E-state index in [1.54, 1.807) is 19.1 Å². The Balaban J connectivity index is 1.57. The van der Waals surface area contributed by atoms with Crippen LogP contribution in [0, 0.1) is 5.41 Å². The molecule has 184 valence electrons. The number of esters is 1. The van der Waals surface area contributed by atoms with Gasteiger partial charge in [-0.3, -0.25) is 10.2 Å². The van der Waals surface area contributed by atoms with Crippen LogP contribution < -0.4 is 11.1 Å². The van der Waals surface area contributed by atoms with Crippen molar-refractivity contribution in [2.75, 3.05) is 13.2 Å². The van der Waals surface area contributed by atoms with Crippen molar-refractivity contribution in [2.45, 2.75) is 57.9 Å². The molecule has 2 aromatic carbocycles. The summed E-state index contributed by atoms with van der Waals surface area (Å²) in [7, 11) is 0. The van der Waals surface area contributed by atoms with Gasteiger partial charge in [-0.15, -0.1) is 0 Å². The summed E-state index contributed by atoms with van der Waals surface area (Å²) in [6.45, 7) is 5.01. The number of hydrogen-bond donors (Lipinski definition) is 4. The maximum Gasteiger partial charge on any atom is 0.338 e. The quantitative estimate of drug-likeness (QED) is 0.201. The minimum absolute atomic E-state index is 0.0453. The second-order valence-corrected chi connectivity index (χ2v) is 9.20. The summed E-state index contributed by atoms with van der Waals surface area (Å²) in [5.41, 5.74) is 10.2. The average Bonchev–Trinajstić information content (AvgIpc) is 3.47. The number of aromatic amines is 1. The van der Waals surface area contributed by atoms with Crippen LogP contribution in [0.25, 0.3) is 10.9 Å². The molecule has 1 saturated heterocycles. The van der Waals surface area contributed by atoms with Gasteiger partial charge in [-0.25, -0.2) is 4.79 Å². The number of aryl methyl sites for hydroxylation is 2. The van der Waals surface area contributed by atoms with Crippen molar-refractivity contribution < 1.29 is 14.3 Å². The molecule has 4 rings (SSSR count). The fourth-order valence-corrected chi connectivity index (χ4v) is 5.26. The Morgan fingerprint density at radius 2 is 1.97 bits per heavy atom. The molecule has 0 spiro atoms. The Hall–Kier alpha value is -3.45. The molecule has 1 aromatic heterocycles. The van der Waals surface area contributed by atoms with Crippen molar-refractivity contribution in [1.29, 1.82) is 5.41 Å². The molecule has 7 nitrogen and oxygen atoms in total. The lowest BCUT2D eigenvalue weighted by Gasteiger charge is -2.28. The summed E-state index contributed by atoms with van der Waals surface area (Å²) in [4.78, 5) is 29.6. The lowest BCUT2D eigenvalue weighted by molar-refractivity contribution is -0.124. The standard InChI is InChI=1S/C28H34N4O3/c1-3-20-22-11-10-19(26(29)30)16-24(22)32-23(20)12-14-28(13-7-15-31-28)25(33)17-18-8-5-6-9-21(18)27(34)35-4-2/h5-6,8-11,16,31-32H,3-4,7,12-15,17H2,1-2H3,(H3,29,30)/t28-/m0/s1. The molecule has 1 atom stereocenters. The molecule has 1 aliphatic heterocycles. The molecule has 2 heterocycles. The number of aromatic nitrogens is 1. The summed E-state index contributed by atoms with van der Waals surface area (Å²) in [5, 5.41) is 12.4. The van der Waals surface area contributed by atoms with Crippen LogP contribution in [0.1, 0.15) is 65.9 Å². The predicted octanol–water partition coefficient (Wildman–Crippen LogP) is 4.06. The van der Waals surface area contributed by atoms with Crippen molar-refractivity contribution in [3.05, 3.63) is 70.4 Å². The summed E-state index contributed by atoms with van der Waals surface area (Å²) in [6, 6.07) is 13.0. The number of carbonyl (C=O) groups excluding carboxylic acids is 2. The Morgan fingerprint density at radius 3 is 2.66 bits per heavy atom. The molecule has 0 radical (unpaired) electrons. The van der Waals surface area contributed by atoms with Crippen molar-refractivity contribution in [3.8, 4) is 0 Å². The van der Waals surface area contributed by atoms with E-state index in [1.807, 2.05) is 30.3 Å². The highest BCUT2D eigenvalue weighted by Gasteiger charge is 2.40. The van der Waals surface area contributed by atoms with Gasteiger partial charge in [-0.05, 0) is 68.8 Å². The number of carbonyl (C=O) groups is 2. The van der Waals surface area contributed by atoms with Crippen LogP contribution in [0.4, 0.5) is 0 Å². The van der Waals surface area contributed by atoms with Gasteiger partial charge >= 0.3 is 5.97 Å². The molecular weight excluding hydrogens is 440 g/mol. The highest BCUT2D eigenvalue weighted by atomic mass is 16.5. The first-order chi connectivity index (χ1) is 16.9. The van der Waals surface area contributed by atoms with Crippen molar-refractivity contribution in [2.24, 2.45) is 5.73 Å². The number of ether oxygens (including phenoxy) is 1. The van der Waals surface area contributed by atoms with Crippen molar-refractivity contribution in [1.82, 2.24) is 10.3 Å². The molecule has 1 fully saturated rings. The van der Waals surface area contributed by atoms with E-state index < -0.39 is 5.54 Å². The number of nitrogen functional groups attached to an aromatic ring is 1. The summed E-state index contributed by atoms with van der Waals surface area (Å²) in [6.07, 6.45) is 4.19. The molecule has 3 aromatic rings. The fourth-order valence-electron chi connectivity index (χ4n) is 5.26. The normalized spacial score (nSPS) is 17.5. The van der Waals surface area contributed by atoms with Crippen LogP contribution in [0.3, 0.4) is 0 Å². The van der Waals surface area contributed by atoms with Gasteiger partial charge in [0.25, 0.3) is 0 Å². The first-order valence-corrected chi connectivity index (χ1v) is 12.4. The van der Waals surface area contributed by atoms with Gasteiger partial charge in [0.05, 0.1) is 17.7 Å². The highest BCUT2D eigenvalue weighted by Crippen LogP contribution is 2.31. The van der Waals surface area contributed by atoms with Gasteiger partial charge in [-0.2, -0.15) is 0 Å². The predicted molar refractivity (Wildman–Crippen MR) is 138 cm³/mol. The monoisotopic (exact) mass is 474 g/mol. The summed E-state index contributed by atoms with van der Waals surface area (Å²) in [5.74, 6) is -0.233. The van der Waals surface area contributed by atoms with Crippen LogP contribution in [0.2, 0.25) is 0 Å². The molecule has 1 aliphatic rings. The maximum atomic E-state index is 13.7. The molecular formula is C28H34N4O3. The van der Waals surface area contributed by atoms with Crippen LogP contribution in [-0.2, 0) is 28.8 Å². The van der Waals surface area contributed by atoms with Gasteiger partial charge in [-0.1, -0.05) is 37.3 Å². The number of fused-ring (bicyclic) bond motifs is 1. The first kappa shape index (κ1) is 24.7. The molecule has 35 heavy (non-hydrogen) atoms. The molecule has 0 bridgehead atoms. The zero-order chi connectivity index (χ0) is 25.0. The molecule has 0 amide bonds. The number of benzene rings is 2. The summed E-state index contributed by atoms with van der Waals surface area (Å²) < 4.78 is 5.19. The van der Waals surface area contributed by atoms with E-state index in [4.69, 9.17) is 15.9 Å². The minimum atomic E-state index is -0.616. The first-order valence-electron chi connectivity index (χ1n) is 12.4. The molecule has 5 N–H and O–H groups in total. The van der Waals surface area contributed by atoms with E-state index >= 15 is 0 Å². The lowest BCUT2D eigenvalue weighted by Crippen LogP contribution is -2.49. The SMILES string of the molecule is CCOC(=O)c1ccccc1CC(=O)[C@@]1(CCc2[nH]c3cc(C(=N)N)ccc3c2CC)CCCN1. The number of nitrogens with two attached hydrogens (primary N) is 1. The third kappa shape index (κ3) is 5.00. The van der Waals surface area contributed by atoms with E-state index in [1.165, 1.54) is 5.56 Å². The zero-order valence-corrected chi connectivity index (χ0v) is 20.5. The number of nitrogens with one attached hydrogen (secondary N) is 3. The molecule has 0 saturated carbocycles. The number of amidine groups is 1. The Kier molecular flexibility index (Phi) is 7.36. The second kappa shape index (κ2) is 10.4. The van der Waals surface area contributed by atoms with Crippen LogP contribution in [-0.4, -0.2) is 41.3 Å². The Morgan fingerprint density at radius 1 is 1.17 bits per heavy atom. The second-order valence-electron chi connectivity index (χ2n) is 9.20. The third-order valence-electron chi connectivity index (χ3n) is 7.10. The molecule has 0 aliphatic carbocycles. The average molecular weight is 475 g/mol. The smallest absolute Gasteiger partial charge is 0.338 e. The Bertz CT molecular complexity index is 1250. The van der Waals surface area contributed by atoms with Crippen LogP contribution in [0.5, 0.6) is 0 Å². The number of rotatable bonds is 10. The van der Waals surface area contributed by atoms with E-state index in [2.05, 4.69) is 17.2 Å². The van der Waals surface area contributed by atoms with Crippen molar-refractivity contribution in [3.63, 3.8) is 0 Å². The largest absolute Gasteiger partial charge is 0.462 e. The molecule has 0 unspecified atom stereocenters. The fraction of sp³-hybridized carbons (Fsp3) is 0.393.